The summed E-state index contributed by atoms with van der Waals surface area (Å²) in [5.74, 6) is 0.523. The summed E-state index contributed by atoms with van der Waals surface area (Å²) in [5, 5.41) is 4.61. The maximum atomic E-state index is 4.61. The van der Waals surface area contributed by atoms with Gasteiger partial charge in [0.1, 0.15) is 5.65 Å². The molecule has 3 nitrogen and oxygen atoms in total. The first-order valence-electron chi connectivity index (χ1n) is 5.46. The van der Waals surface area contributed by atoms with Crippen molar-refractivity contribution >= 4 is 5.65 Å². The van der Waals surface area contributed by atoms with E-state index in [0.717, 1.165) is 5.69 Å². The minimum atomic E-state index is 0.523. The third-order valence-corrected chi connectivity index (χ3v) is 3.32. The third-order valence-electron chi connectivity index (χ3n) is 3.32. The van der Waals surface area contributed by atoms with Gasteiger partial charge in [-0.3, -0.25) is 0 Å². The van der Waals surface area contributed by atoms with Gasteiger partial charge in [0.05, 0.1) is 11.4 Å². The van der Waals surface area contributed by atoms with Gasteiger partial charge in [0.2, 0.25) is 0 Å². The van der Waals surface area contributed by atoms with Gasteiger partial charge in [-0.15, -0.1) is 0 Å². The van der Waals surface area contributed by atoms with Gasteiger partial charge in [-0.1, -0.05) is 13.8 Å². The van der Waals surface area contributed by atoms with E-state index in [1.807, 2.05) is 0 Å². The summed E-state index contributed by atoms with van der Waals surface area (Å²) in [4.78, 5) is 0. The number of hydrogen-bond donors (Lipinski definition) is 0. The average Bonchev–Trinajstić information content (AvgIpc) is 2.59. The van der Waals surface area contributed by atoms with E-state index in [9.17, 15) is 0 Å². The number of aryl methyl sites for hydroxylation is 3. The van der Waals surface area contributed by atoms with E-state index in [1.165, 1.54) is 22.6 Å². The van der Waals surface area contributed by atoms with Crippen LogP contribution in [0.15, 0.2) is 0 Å². The minimum Gasteiger partial charge on any atom is -0.331 e. The van der Waals surface area contributed by atoms with Crippen molar-refractivity contribution in [1.29, 1.82) is 0 Å². The van der Waals surface area contributed by atoms with Crippen LogP contribution in [-0.4, -0.2) is 14.2 Å². The van der Waals surface area contributed by atoms with Gasteiger partial charge in [0, 0.05) is 18.3 Å². The van der Waals surface area contributed by atoms with Gasteiger partial charge in [0.15, 0.2) is 0 Å². The Bertz CT molecular complexity index is 515. The molecule has 0 spiro atoms. The van der Waals surface area contributed by atoms with E-state index in [-0.39, 0.29) is 0 Å². The highest BCUT2D eigenvalue weighted by molar-refractivity contribution is 5.55. The zero-order chi connectivity index (χ0) is 11.3. The second-order valence-corrected chi connectivity index (χ2v) is 4.62. The normalized spacial score (nSPS) is 11.9. The Morgan fingerprint density at radius 1 is 1.07 bits per heavy atom. The lowest BCUT2D eigenvalue weighted by molar-refractivity contribution is 0.837. The monoisotopic (exact) mass is 205 g/mol. The van der Waals surface area contributed by atoms with Crippen molar-refractivity contribution in [3.05, 3.63) is 22.6 Å². The molecular weight excluding hydrogens is 186 g/mol. The molecule has 2 aromatic rings. The quantitative estimate of drug-likeness (QED) is 0.701. The molecule has 0 fully saturated rings. The molecule has 3 heteroatoms. The smallest absolute Gasteiger partial charge is 0.139 e. The van der Waals surface area contributed by atoms with E-state index in [0.29, 0.717) is 5.92 Å². The molecule has 0 aliphatic carbocycles. The van der Waals surface area contributed by atoms with Crippen LogP contribution in [0.2, 0.25) is 0 Å². The molecule has 0 aliphatic heterocycles. The minimum absolute atomic E-state index is 0.523. The predicted octanol–water partition coefficient (Wildman–Crippen LogP) is 2.72. The molecule has 0 aliphatic rings. The fraction of sp³-hybridized carbons (Fsp3) is 0.583. The number of rotatable bonds is 1. The fourth-order valence-corrected chi connectivity index (χ4v) is 2.31. The Balaban J connectivity index is 2.92. The van der Waals surface area contributed by atoms with Crippen molar-refractivity contribution in [3.63, 3.8) is 0 Å². The van der Waals surface area contributed by atoms with E-state index in [2.05, 4.69) is 55.8 Å². The Labute approximate surface area is 90.7 Å². The van der Waals surface area contributed by atoms with Crippen molar-refractivity contribution in [2.45, 2.75) is 40.5 Å². The standard InChI is InChI=1S/C12H19N3/c1-7(2)11-8(3)13-15-10(5)9(4)14(6)12(11)15/h7H,1-6H3. The summed E-state index contributed by atoms with van der Waals surface area (Å²) in [6, 6.07) is 0. The van der Waals surface area contributed by atoms with Crippen molar-refractivity contribution in [1.82, 2.24) is 14.2 Å². The highest BCUT2D eigenvalue weighted by Crippen LogP contribution is 2.27. The Kier molecular flexibility index (Phi) is 2.14. The second-order valence-electron chi connectivity index (χ2n) is 4.62. The summed E-state index contributed by atoms with van der Waals surface area (Å²) in [6.07, 6.45) is 0. The lowest BCUT2D eigenvalue weighted by Crippen LogP contribution is -1.96. The van der Waals surface area contributed by atoms with Gasteiger partial charge in [-0.25, -0.2) is 4.52 Å². The molecule has 0 unspecified atom stereocenters. The maximum Gasteiger partial charge on any atom is 0.139 e. The maximum absolute atomic E-state index is 4.61. The van der Waals surface area contributed by atoms with E-state index in [1.54, 1.807) is 0 Å². The highest BCUT2D eigenvalue weighted by atomic mass is 15.3. The van der Waals surface area contributed by atoms with Crippen LogP contribution in [0.5, 0.6) is 0 Å². The third kappa shape index (κ3) is 1.22. The molecule has 0 bridgehead atoms. The fourth-order valence-electron chi connectivity index (χ4n) is 2.31. The van der Waals surface area contributed by atoms with Gasteiger partial charge < -0.3 is 4.57 Å². The second kappa shape index (κ2) is 3.12. The first kappa shape index (κ1) is 10.3. The van der Waals surface area contributed by atoms with Gasteiger partial charge in [-0.05, 0) is 26.7 Å². The molecule has 0 atom stereocenters. The van der Waals surface area contributed by atoms with Crippen LogP contribution in [0.3, 0.4) is 0 Å². The summed E-state index contributed by atoms with van der Waals surface area (Å²) in [7, 11) is 2.12. The van der Waals surface area contributed by atoms with E-state index >= 15 is 0 Å². The van der Waals surface area contributed by atoms with Crippen LogP contribution in [0.25, 0.3) is 5.65 Å². The SMILES string of the molecule is Cc1nn2c(C)c(C)n(C)c2c1C(C)C. The molecule has 0 amide bonds. The largest absolute Gasteiger partial charge is 0.331 e. The van der Waals surface area contributed by atoms with Crippen molar-refractivity contribution < 1.29 is 0 Å². The van der Waals surface area contributed by atoms with Crippen molar-refractivity contribution in [2.24, 2.45) is 7.05 Å². The molecule has 82 valence electrons. The van der Waals surface area contributed by atoms with Gasteiger partial charge >= 0.3 is 0 Å². The lowest BCUT2D eigenvalue weighted by Gasteiger charge is -2.05. The van der Waals surface area contributed by atoms with Crippen LogP contribution in [-0.2, 0) is 7.05 Å². The van der Waals surface area contributed by atoms with Gasteiger partial charge in [0.25, 0.3) is 0 Å². The van der Waals surface area contributed by atoms with Gasteiger partial charge in [-0.2, -0.15) is 5.10 Å². The van der Waals surface area contributed by atoms with Crippen LogP contribution < -0.4 is 0 Å². The molecule has 0 saturated carbocycles. The molecule has 15 heavy (non-hydrogen) atoms. The Morgan fingerprint density at radius 2 is 1.67 bits per heavy atom. The van der Waals surface area contributed by atoms with Crippen LogP contribution in [0.1, 0.15) is 42.4 Å². The first-order chi connectivity index (χ1) is 6.95. The lowest BCUT2D eigenvalue weighted by atomic mass is 10.0. The number of fused-ring (bicyclic) bond motifs is 1. The summed E-state index contributed by atoms with van der Waals surface area (Å²) < 4.78 is 4.31. The zero-order valence-electron chi connectivity index (χ0n) is 10.4. The Hall–Kier alpha value is -1.25. The van der Waals surface area contributed by atoms with Crippen molar-refractivity contribution in [3.8, 4) is 0 Å². The number of nitrogens with zero attached hydrogens (tertiary/aromatic N) is 3. The first-order valence-corrected chi connectivity index (χ1v) is 5.46. The van der Waals surface area contributed by atoms with E-state index in [4.69, 9.17) is 0 Å². The molecule has 0 radical (unpaired) electrons. The molecule has 2 heterocycles. The van der Waals surface area contributed by atoms with Crippen LogP contribution >= 0.6 is 0 Å². The Morgan fingerprint density at radius 3 is 2.20 bits per heavy atom. The topological polar surface area (TPSA) is 22.2 Å². The molecule has 0 saturated heterocycles. The zero-order valence-corrected chi connectivity index (χ0v) is 10.4. The number of imidazole rings is 1. The van der Waals surface area contributed by atoms with Crippen LogP contribution in [0.4, 0.5) is 0 Å². The molecule has 0 aromatic carbocycles. The molecule has 0 N–H and O–H groups in total. The summed E-state index contributed by atoms with van der Waals surface area (Å²) in [6.45, 7) is 10.8. The van der Waals surface area contributed by atoms with Crippen molar-refractivity contribution in [2.75, 3.05) is 0 Å². The van der Waals surface area contributed by atoms with E-state index < -0.39 is 0 Å². The number of aromatic nitrogens is 3. The summed E-state index contributed by atoms with van der Waals surface area (Å²) in [5.41, 5.74) is 6.30. The predicted molar refractivity (Wildman–Crippen MR) is 62.5 cm³/mol. The molecular formula is C12H19N3. The van der Waals surface area contributed by atoms with Crippen LogP contribution in [0, 0.1) is 20.8 Å². The highest BCUT2D eigenvalue weighted by Gasteiger charge is 2.18. The number of hydrogen-bond acceptors (Lipinski definition) is 1. The molecule has 2 rings (SSSR count). The molecule has 2 aromatic heterocycles. The average molecular weight is 205 g/mol. The summed E-state index contributed by atoms with van der Waals surface area (Å²) >= 11 is 0.